The van der Waals surface area contributed by atoms with E-state index in [0.29, 0.717) is 12.1 Å². The molecule has 5 heteroatoms. The number of amides is 1. The molecule has 1 atom stereocenters. The summed E-state index contributed by atoms with van der Waals surface area (Å²) in [5, 5.41) is 0. The number of rotatable bonds is 4. The summed E-state index contributed by atoms with van der Waals surface area (Å²) in [5.74, 6) is 0.111. The molecule has 2 aliphatic heterocycles. The van der Waals surface area contributed by atoms with Crippen molar-refractivity contribution in [2.45, 2.75) is 65.0 Å². The van der Waals surface area contributed by atoms with E-state index in [9.17, 15) is 4.79 Å². The molecule has 3 aromatic rings. The number of likely N-dealkylation sites (tertiary alicyclic amines) is 1. The summed E-state index contributed by atoms with van der Waals surface area (Å²) in [6.45, 7) is 8.13. The first kappa shape index (κ1) is 20.9. The molecular formula is C27H32N4O. The minimum Gasteiger partial charge on any atom is -0.365 e. The van der Waals surface area contributed by atoms with Gasteiger partial charge in [-0.25, -0.2) is 9.97 Å². The molecule has 2 aliphatic rings. The van der Waals surface area contributed by atoms with Gasteiger partial charge in [0, 0.05) is 36.4 Å². The predicted octanol–water partition coefficient (Wildman–Crippen LogP) is 4.81. The van der Waals surface area contributed by atoms with Crippen LogP contribution in [0.5, 0.6) is 0 Å². The van der Waals surface area contributed by atoms with E-state index in [1.807, 2.05) is 23.1 Å². The van der Waals surface area contributed by atoms with Gasteiger partial charge in [-0.1, -0.05) is 32.0 Å². The van der Waals surface area contributed by atoms with Gasteiger partial charge in [-0.15, -0.1) is 0 Å². The van der Waals surface area contributed by atoms with Gasteiger partial charge in [-0.3, -0.25) is 4.79 Å². The highest BCUT2D eigenvalue weighted by Crippen LogP contribution is 2.36. The topological polar surface area (TPSA) is 49.3 Å². The molecule has 1 aromatic heterocycles. The van der Waals surface area contributed by atoms with Gasteiger partial charge in [0.1, 0.15) is 0 Å². The number of aryl methyl sites for hydroxylation is 2. The number of para-hydroxylation sites is 1. The summed E-state index contributed by atoms with van der Waals surface area (Å²) in [6, 6.07) is 15.6. The van der Waals surface area contributed by atoms with E-state index in [2.05, 4.69) is 49.9 Å². The first-order chi connectivity index (χ1) is 15.6. The molecule has 0 saturated carbocycles. The van der Waals surface area contributed by atoms with E-state index >= 15 is 0 Å². The van der Waals surface area contributed by atoms with Gasteiger partial charge >= 0.3 is 0 Å². The van der Waals surface area contributed by atoms with Crippen molar-refractivity contribution in [2.75, 3.05) is 18.0 Å². The van der Waals surface area contributed by atoms with Crippen molar-refractivity contribution in [1.82, 2.24) is 14.9 Å². The standard InChI is InChI=1S/C27H32N4O/c1-4-22-23(5-2)29-25-17-20(10-11-24(25)28-22)27(32)30-14-12-21(13-15-30)31-18(3)16-19-8-6-7-9-26(19)31/h6-11,17-18,21H,4-5,12-16H2,1-3H3. The molecule has 1 unspecified atom stereocenters. The third-order valence-electron chi connectivity index (χ3n) is 7.14. The lowest BCUT2D eigenvalue weighted by Crippen LogP contribution is -2.48. The van der Waals surface area contributed by atoms with Gasteiger partial charge in [0.25, 0.3) is 5.91 Å². The Balaban J connectivity index is 1.31. The fourth-order valence-corrected chi connectivity index (χ4v) is 5.50. The maximum atomic E-state index is 13.3. The Morgan fingerprint density at radius 2 is 1.66 bits per heavy atom. The molecule has 0 bridgehead atoms. The number of nitrogens with zero attached hydrogens (tertiary/aromatic N) is 4. The zero-order valence-electron chi connectivity index (χ0n) is 19.3. The lowest BCUT2D eigenvalue weighted by molar-refractivity contribution is 0.0711. The molecule has 0 spiro atoms. The number of fused-ring (bicyclic) bond motifs is 2. The van der Waals surface area contributed by atoms with Crippen LogP contribution in [0.15, 0.2) is 42.5 Å². The minimum atomic E-state index is 0.111. The number of benzene rings is 2. The van der Waals surface area contributed by atoms with E-state index in [-0.39, 0.29) is 5.91 Å². The van der Waals surface area contributed by atoms with Crippen LogP contribution >= 0.6 is 0 Å². The molecule has 5 rings (SSSR count). The summed E-state index contributed by atoms with van der Waals surface area (Å²) in [5.41, 5.74) is 7.34. The van der Waals surface area contributed by atoms with Crippen molar-refractivity contribution in [1.29, 1.82) is 0 Å². The van der Waals surface area contributed by atoms with Crippen molar-refractivity contribution in [3.05, 3.63) is 65.0 Å². The lowest BCUT2D eigenvalue weighted by Gasteiger charge is -2.40. The Morgan fingerprint density at radius 3 is 2.38 bits per heavy atom. The smallest absolute Gasteiger partial charge is 0.253 e. The van der Waals surface area contributed by atoms with Crippen molar-refractivity contribution in [2.24, 2.45) is 0 Å². The zero-order chi connectivity index (χ0) is 22.2. The summed E-state index contributed by atoms with van der Waals surface area (Å²) in [6.07, 6.45) is 4.87. The van der Waals surface area contributed by atoms with Crippen LogP contribution in [0.25, 0.3) is 11.0 Å². The highest BCUT2D eigenvalue weighted by molar-refractivity contribution is 5.97. The Hall–Kier alpha value is -2.95. The van der Waals surface area contributed by atoms with Crippen LogP contribution in [0.4, 0.5) is 5.69 Å². The predicted molar refractivity (Wildman–Crippen MR) is 129 cm³/mol. The Morgan fingerprint density at radius 1 is 0.969 bits per heavy atom. The summed E-state index contributed by atoms with van der Waals surface area (Å²) < 4.78 is 0. The van der Waals surface area contributed by atoms with E-state index in [4.69, 9.17) is 9.97 Å². The largest absolute Gasteiger partial charge is 0.365 e. The summed E-state index contributed by atoms with van der Waals surface area (Å²) in [7, 11) is 0. The molecule has 1 fully saturated rings. The van der Waals surface area contributed by atoms with E-state index in [1.165, 1.54) is 11.3 Å². The van der Waals surface area contributed by atoms with E-state index in [0.717, 1.165) is 73.2 Å². The summed E-state index contributed by atoms with van der Waals surface area (Å²) >= 11 is 0. The molecule has 32 heavy (non-hydrogen) atoms. The lowest BCUT2D eigenvalue weighted by atomic mass is 10.0. The average Bonchev–Trinajstić information content (AvgIpc) is 3.18. The maximum Gasteiger partial charge on any atom is 0.253 e. The number of hydrogen-bond donors (Lipinski definition) is 0. The molecule has 3 heterocycles. The molecule has 166 valence electrons. The second-order valence-electron chi connectivity index (χ2n) is 9.14. The number of hydrogen-bond acceptors (Lipinski definition) is 4. The fourth-order valence-electron chi connectivity index (χ4n) is 5.50. The molecule has 0 radical (unpaired) electrons. The SMILES string of the molecule is CCc1nc2ccc(C(=O)N3CCC(N4c5ccccc5CC4C)CC3)cc2nc1CC. The van der Waals surface area contributed by atoms with Gasteiger partial charge in [0.2, 0.25) is 0 Å². The van der Waals surface area contributed by atoms with Crippen LogP contribution < -0.4 is 4.90 Å². The van der Waals surface area contributed by atoms with Crippen LogP contribution in [0.2, 0.25) is 0 Å². The van der Waals surface area contributed by atoms with Gasteiger partial charge in [0.05, 0.1) is 22.4 Å². The molecule has 0 aliphatic carbocycles. The molecular weight excluding hydrogens is 396 g/mol. The quantitative estimate of drug-likeness (QED) is 0.598. The zero-order valence-corrected chi connectivity index (χ0v) is 19.3. The van der Waals surface area contributed by atoms with Crippen LogP contribution in [0, 0.1) is 0 Å². The van der Waals surface area contributed by atoms with Gasteiger partial charge in [-0.2, -0.15) is 0 Å². The number of aromatic nitrogens is 2. The number of carbonyl (C=O) groups is 1. The fraction of sp³-hybridized carbons (Fsp3) is 0.444. The highest BCUT2D eigenvalue weighted by Gasteiger charge is 2.34. The van der Waals surface area contributed by atoms with Crippen molar-refractivity contribution < 1.29 is 4.79 Å². The molecule has 0 N–H and O–H groups in total. The maximum absolute atomic E-state index is 13.3. The molecule has 2 aromatic carbocycles. The van der Waals surface area contributed by atoms with Gasteiger partial charge in [-0.05, 0) is 68.9 Å². The Kier molecular flexibility index (Phi) is 5.58. The van der Waals surface area contributed by atoms with E-state index in [1.54, 1.807) is 0 Å². The first-order valence-electron chi connectivity index (χ1n) is 12.0. The second kappa shape index (κ2) is 8.53. The van der Waals surface area contributed by atoms with Gasteiger partial charge < -0.3 is 9.80 Å². The van der Waals surface area contributed by atoms with Crippen LogP contribution in [-0.4, -0.2) is 45.9 Å². The molecule has 1 saturated heterocycles. The monoisotopic (exact) mass is 428 g/mol. The van der Waals surface area contributed by atoms with E-state index < -0.39 is 0 Å². The molecule has 5 nitrogen and oxygen atoms in total. The van der Waals surface area contributed by atoms with Crippen molar-refractivity contribution in [3.63, 3.8) is 0 Å². The van der Waals surface area contributed by atoms with Crippen LogP contribution in [-0.2, 0) is 19.3 Å². The Labute approximate surface area is 190 Å². The Bertz CT molecular complexity index is 1150. The van der Waals surface area contributed by atoms with Gasteiger partial charge in [0.15, 0.2) is 0 Å². The summed E-state index contributed by atoms with van der Waals surface area (Å²) in [4.78, 5) is 27.5. The average molecular weight is 429 g/mol. The van der Waals surface area contributed by atoms with Crippen molar-refractivity contribution in [3.8, 4) is 0 Å². The molecule has 1 amide bonds. The highest BCUT2D eigenvalue weighted by atomic mass is 16.2. The number of carbonyl (C=O) groups excluding carboxylic acids is 1. The number of anilines is 1. The van der Waals surface area contributed by atoms with Crippen LogP contribution in [0.3, 0.4) is 0 Å². The second-order valence-corrected chi connectivity index (χ2v) is 9.14. The normalized spacial score (nSPS) is 18.9. The third-order valence-corrected chi connectivity index (χ3v) is 7.14. The van der Waals surface area contributed by atoms with Crippen LogP contribution in [0.1, 0.15) is 60.9 Å². The minimum absolute atomic E-state index is 0.111. The first-order valence-corrected chi connectivity index (χ1v) is 12.0. The third kappa shape index (κ3) is 3.64. The van der Waals surface area contributed by atoms with Crippen molar-refractivity contribution >= 4 is 22.6 Å². The number of piperidine rings is 1.